The van der Waals surface area contributed by atoms with Gasteiger partial charge in [0.05, 0.1) is 6.61 Å². The Morgan fingerprint density at radius 2 is 0.980 bits per heavy atom. The first-order valence-corrected chi connectivity index (χ1v) is 16.9. The van der Waals surface area contributed by atoms with Crippen molar-refractivity contribution in [1.82, 2.24) is 26.2 Å². The number of urea groups is 1. The van der Waals surface area contributed by atoms with Gasteiger partial charge in [-0.05, 0) is 71.6 Å². The highest BCUT2D eigenvalue weighted by molar-refractivity contribution is 5.87. The van der Waals surface area contributed by atoms with E-state index in [4.69, 9.17) is 23.7 Å². The average Bonchev–Trinajstić information content (AvgIpc) is 3.07. The van der Waals surface area contributed by atoms with Gasteiger partial charge < -0.3 is 49.9 Å². The van der Waals surface area contributed by atoms with E-state index in [2.05, 4.69) is 34.4 Å². The van der Waals surface area contributed by atoms with Gasteiger partial charge in [-0.3, -0.25) is 0 Å². The van der Waals surface area contributed by atoms with E-state index in [-0.39, 0.29) is 56.3 Å². The Morgan fingerprint density at radius 3 is 1.43 bits per heavy atom. The predicted molar refractivity (Wildman–Crippen MR) is 180 cm³/mol. The van der Waals surface area contributed by atoms with Gasteiger partial charge in [0, 0.05) is 56.3 Å². The second-order valence-electron chi connectivity index (χ2n) is 11.5. The van der Waals surface area contributed by atoms with Gasteiger partial charge in [-0.25, -0.2) is 28.8 Å². The van der Waals surface area contributed by atoms with Crippen molar-refractivity contribution >= 4 is 36.2 Å². The van der Waals surface area contributed by atoms with Crippen molar-refractivity contribution in [3.63, 3.8) is 0 Å². The Morgan fingerprint density at radius 1 is 0.571 bits per heavy atom. The second kappa shape index (κ2) is 26.5. The minimum Gasteiger partial charge on any atom is -0.459 e. The molecule has 4 N–H and O–H groups in total. The zero-order chi connectivity index (χ0) is 36.3. The lowest BCUT2D eigenvalue weighted by atomic mass is 10.00. The molecule has 1 aliphatic heterocycles. The monoisotopic (exact) mass is 697 g/mol. The Labute approximate surface area is 289 Å². The van der Waals surface area contributed by atoms with Crippen molar-refractivity contribution in [2.75, 3.05) is 65.8 Å². The summed E-state index contributed by atoms with van der Waals surface area (Å²) in [5, 5.41) is 10.9. The van der Waals surface area contributed by atoms with E-state index in [0.717, 1.165) is 38.5 Å². The summed E-state index contributed by atoms with van der Waals surface area (Å²) < 4.78 is 24.8. The summed E-state index contributed by atoms with van der Waals surface area (Å²) in [6.45, 7) is 12.5. The molecular weight excluding hydrogens is 642 g/mol. The number of rotatable bonds is 23. The topological polar surface area (TPSA) is 200 Å². The highest BCUT2D eigenvalue weighted by atomic mass is 16.6. The van der Waals surface area contributed by atoms with Crippen molar-refractivity contribution < 1.29 is 52.5 Å². The van der Waals surface area contributed by atoms with Gasteiger partial charge in [0.25, 0.3) is 0 Å². The van der Waals surface area contributed by atoms with E-state index in [0.29, 0.717) is 58.4 Å². The smallest absolute Gasteiger partial charge is 0.407 e. The third-order valence-corrected chi connectivity index (χ3v) is 7.16. The van der Waals surface area contributed by atoms with Crippen LogP contribution in [0.1, 0.15) is 78.1 Å². The highest BCUT2D eigenvalue weighted by Crippen LogP contribution is 2.20. The van der Waals surface area contributed by atoms with Gasteiger partial charge in [0.15, 0.2) is 0 Å². The van der Waals surface area contributed by atoms with Crippen LogP contribution < -0.4 is 21.3 Å². The first-order valence-electron chi connectivity index (χ1n) is 16.9. The van der Waals surface area contributed by atoms with Gasteiger partial charge in [0.2, 0.25) is 0 Å². The molecule has 0 aromatic rings. The van der Waals surface area contributed by atoms with Crippen LogP contribution in [-0.4, -0.2) is 113 Å². The lowest BCUT2D eigenvalue weighted by Gasteiger charge is -2.35. The lowest BCUT2D eigenvalue weighted by Crippen LogP contribution is -2.49. The molecule has 1 fully saturated rings. The van der Waals surface area contributed by atoms with Crippen molar-refractivity contribution in [3.8, 4) is 0 Å². The fourth-order valence-electron chi connectivity index (χ4n) is 4.51. The molecule has 1 atom stereocenters. The summed E-state index contributed by atoms with van der Waals surface area (Å²) in [7, 11) is 0. The predicted octanol–water partition coefficient (Wildman–Crippen LogP) is 3.70. The SMILES string of the molecule is C=C(C)C(=O)OCCOC(=O)NCCCCCNC(=O)OCCC1CCCCN1C(=O)NCCCCCNC(=O)OCCOC(=O)C(=C)C. The fraction of sp³-hybridized carbons (Fsp3) is 0.697. The molecule has 1 heterocycles. The first-order chi connectivity index (χ1) is 23.5. The number of hydrogen-bond donors (Lipinski definition) is 4. The van der Waals surface area contributed by atoms with E-state index in [9.17, 15) is 28.8 Å². The van der Waals surface area contributed by atoms with Gasteiger partial charge in [-0.1, -0.05) is 13.2 Å². The zero-order valence-electron chi connectivity index (χ0n) is 29.1. The van der Waals surface area contributed by atoms with Crippen LogP contribution in [0, 0.1) is 0 Å². The summed E-state index contributed by atoms with van der Waals surface area (Å²) in [6, 6.07) is -0.137. The Bertz CT molecular complexity index is 1090. The number of hydrogen-bond acceptors (Lipinski definition) is 11. The lowest BCUT2D eigenvalue weighted by molar-refractivity contribution is -0.140. The van der Waals surface area contributed by atoms with E-state index in [1.54, 1.807) is 0 Å². The van der Waals surface area contributed by atoms with E-state index in [1.807, 2.05) is 4.90 Å². The maximum absolute atomic E-state index is 12.8. The van der Waals surface area contributed by atoms with Gasteiger partial charge >= 0.3 is 36.2 Å². The summed E-state index contributed by atoms with van der Waals surface area (Å²) in [5.74, 6) is -1.07. The number of carbonyl (C=O) groups is 6. The molecule has 0 aromatic carbocycles. The molecule has 1 aliphatic rings. The molecule has 16 heteroatoms. The number of carbonyl (C=O) groups excluding carboxylic acids is 6. The van der Waals surface area contributed by atoms with Gasteiger partial charge in [-0.2, -0.15) is 0 Å². The Hall–Kier alpha value is -4.50. The van der Waals surface area contributed by atoms with Crippen LogP contribution in [0.4, 0.5) is 19.2 Å². The molecule has 1 rings (SSSR count). The molecule has 0 saturated carbocycles. The van der Waals surface area contributed by atoms with Crippen LogP contribution in [0.3, 0.4) is 0 Å². The minimum absolute atomic E-state index is 0.00775. The maximum atomic E-state index is 12.8. The molecule has 1 unspecified atom stereocenters. The number of ether oxygens (including phenoxy) is 5. The number of likely N-dealkylation sites (tertiary alicyclic amines) is 1. The number of nitrogens with zero attached hydrogens (tertiary/aromatic N) is 1. The molecule has 1 saturated heterocycles. The molecule has 49 heavy (non-hydrogen) atoms. The third kappa shape index (κ3) is 21.9. The van der Waals surface area contributed by atoms with E-state index < -0.39 is 30.2 Å². The quantitative estimate of drug-likeness (QED) is 0.0525. The second-order valence-corrected chi connectivity index (χ2v) is 11.5. The molecule has 0 bridgehead atoms. The molecule has 0 aliphatic carbocycles. The van der Waals surface area contributed by atoms with Crippen LogP contribution in [0.5, 0.6) is 0 Å². The van der Waals surface area contributed by atoms with Gasteiger partial charge in [-0.15, -0.1) is 0 Å². The molecule has 0 radical (unpaired) electrons. The van der Waals surface area contributed by atoms with E-state index in [1.165, 1.54) is 13.8 Å². The van der Waals surface area contributed by atoms with Crippen molar-refractivity contribution in [2.45, 2.75) is 84.1 Å². The number of esters is 2. The normalized spacial score (nSPS) is 13.7. The third-order valence-electron chi connectivity index (χ3n) is 7.16. The molecule has 0 spiro atoms. The van der Waals surface area contributed by atoms with Gasteiger partial charge in [0.1, 0.15) is 26.4 Å². The van der Waals surface area contributed by atoms with Crippen LogP contribution in [0.2, 0.25) is 0 Å². The van der Waals surface area contributed by atoms with Crippen molar-refractivity contribution in [2.24, 2.45) is 0 Å². The minimum atomic E-state index is -0.594. The number of nitrogens with one attached hydrogen (secondary N) is 4. The summed E-state index contributed by atoms with van der Waals surface area (Å²) in [4.78, 5) is 72.5. The standard InChI is InChI=1S/C33H55N5O11/c1-25(2)28(39)45-21-23-48-32(43)36-17-9-5-8-15-34-30(41)38-19-12-7-13-27(38)14-20-47-31(42)35-16-10-6-11-18-37-33(44)49-24-22-46-29(40)26(3)4/h27H,1,3,5-24H2,2,4H3,(H,34,41)(H,35,42)(H,36,43)(H,37,44). The Kier molecular flexibility index (Phi) is 23.0. The molecule has 5 amide bonds. The zero-order valence-corrected chi connectivity index (χ0v) is 29.1. The van der Waals surface area contributed by atoms with Crippen LogP contribution in [0.15, 0.2) is 24.3 Å². The summed E-state index contributed by atoms with van der Waals surface area (Å²) in [6.07, 6.45) is 6.08. The summed E-state index contributed by atoms with van der Waals surface area (Å²) >= 11 is 0. The summed E-state index contributed by atoms with van der Waals surface area (Å²) in [5.41, 5.74) is 0.550. The number of amides is 5. The molecule has 0 aromatic heterocycles. The largest absolute Gasteiger partial charge is 0.459 e. The highest BCUT2D eigenvalue weighted by Gasteiger charge is 2.26. The number of alkyl carbamates (subject to hydrolysis) is 3. The molecular formula is C33H55N5O11. The fourth-order valence-corrected chi connectivity index (χ4v) is 4.51. The number of piperidine rings is 1. The molecule has 278 valence electrons. The maximum Gasteiger partial charge on any atom is 0.407 e. The Balaban J connectivity index is 2.06. The molecule has 16 nitrogen and oxygen atoms in total. The van der Waals surface area contributed by atoms with E-state index >= 15 is 0 Å². The van der Waals surface area contributed by atoms with Crippen LogP contribution in [-0.2, 0) is 33.3 Å². The average molecular weight is 698 g/mol. The van der Waals surface area contributed by atoms with Crippen molar-refractivity contribution in [1.29, 1.82) is 0 Å². The first kappa shape index (κ1) is 42.5. The van der Waals surface area contributed by atoms with Crippen molar-refractivity contribution in [3.05, 3.63) is 24.3 Å². The van der Waals surface area contributed by atoms with Crippen LogP contribution in [0.25, 0.3) is 0 Å². The van der Waals surface area contributed by atoms with Crippen LogP contribution >= 0.6 is 0 Å². The number of unbranched alkanes of at least 4 members (excludes halogenated alkanes) is 4.